The van der Waals surface area contributed by atoms with Crippen LogP contribution in [-0.4, -0.2) is 91.5 Å². The van der Waals surface area contributed by atoms with Gasteiger partial charge in [0.1, 0.15) is 0 Å². The molecular formula is C32H33F3N8O2. The predicted octanol–water partition coefficient (Wildman–Crippen LogP) is 4.78. The molecule has 0 saturated carbocycles. The van der Waals surface area contributed by atoms with Crippen LogP contribution in [0.15, 0.2) is 73.1 Å². The number of carbonyl (C=O) groups is 2. The highest BCUT2D eigenvalue weighted by Crippen LogP contribution is 2.28. The molecule has 0 bridgehead atoms. The Morgan fingerprint density at radius 3 is 2.40 bits per heavy atom. The molecule has 2 aliphatic rings. The number of hydrogen-bond donors (Lipinski definition) is 1. The summed E-state index contributed by atoms with van der Waals surface area (Å²) in [6, 6.07) is 16.9. The fourth-order valence-electron chi connectivity index (χ4n) is 5.59. The highest BCUT2D eigenvalue weighted by molar-refractivity contribution is 5.94. The number of fused-ring (bicyclic) bond motifs is 1. The largest absolute Gasteiger partial charge is 0.389 e. The summed E-state index contributed by atoms with van der Waals surface area (Å²) in [4.78, 5) is 40.1. The maximum absolute atomic E-state index is 13.1. The standard InChI is InChI=1S/C32H33F3N8O2/c33-32(34,35)13-10-28(44)41-16-11-23(12-17-41)27-5-3-15-43-29(27)38-31(39-43)37-25-8-6-24(7-9-25)30(45)42-20-18-40(19-21-42)22-26-4-1-2-14-36-26/h1-9,11,14-15H,10,12-13,16-22H2,(H,37,39). The fraction of sp³-hybridized carbons (Fsp3) is 0.344. The number of piperazine rings is 1. The van der Waals surface area contributed by atoms with Crippen molar-refractivity contribution in [1.82, 2.24) is 34.3 Å². The molecule has 5 heterocycles. The van der Waals surface area contributed by atoms with Crippen LogP contribution in [-0.2, 0) is 11.3 Å². The summed E-state index contributed by atoms with van der Waals surface area (Å²) in [6.45, 7) is 4.25. The lowest BCUT2D eigenvalue weighted by molar-refractivity contribution is -0.148. The molecule has 0 atom stereocenters. The fourth-order valence-corrected chi connectivity index (χ4v) is 5.59. The van der Waals surface area contributed by atoms with Crippen molar-refractivity contribution < 1.29 is 22.8 Å². The molecule has 2 amide bonds. The van der Waals surface area contributed by atoms with E-state index in [4.69, 9.17) is 0 Å². The number of nitrogens with one attached hydrogen (secondary N) is 1. The van der Waals surface area contributed by atoms with Crippen molar-refractivity contribution in [3.05, 3.63) is 89.9 Å². The van der Waals surface area contributed by atoms with Gasteiger partial charge in [-0.3, -0.25) is 19.5 Å². The number of benzene rings is 1. The van der Waals surface area contributed by atoms with E-state index in [9.17, 15) is 22.8 Å². The van der Waals surface area contributed by atoms with Gasteiger partial charge in [0.05, 0.1) is 12.1 Å². The third kappa shape index (κ3) is 7.48. The molecule has 4 aromatic rings. The van der Waals surface area contributed by atoms with E-state index >= 15 is 0 Å². The maximum atomic E-state index is 13.1. The first-order chi connectivity index (χ1) is 21.7. The number of amides is 2. The predicted molar refractivity (Wildman–Crippen MR) is 163 cm³/mol. The minimum absolute atomic E-state index is 0.00379. The molecule has 45 heavy (non-hydrogen) atoms. The molecule has 2 aliphatic heterocycles. The molecule has 0 radical (unpaired) electrons. The highest BCUT2D eigenvalue weighted by atomic mass is 19.4. The Morgan fingerprint density at radius 1 is 0.911 bits per heavy atom. The maximum Gasteiger partial charge on any atom is 0.389 e. The van der Waals surface area contributed by atoms with Crippen molar-refractivity contribution in [3.8, 4) is 0 Å². The second-order valence-corrected chi connectivity index (χ2v) is 11.2. The second-order valence-electron chi connectivity index (χ2n) is 11.2. The molecular weight excluding hydrogens is 585 g/mol. The number of nitrogens with zero attached hydrogens (tertiary/aromatic N) is 7. The average Bonchev–Trinajstić information content (AvgIpc) is 3.47. The molecule has 6 rings (SSSR count). The van der Waals surface area contributed by atoms with Gasteiger partial charge in [0.25, 0.3) is 5.91 Å². The first kappa shape index (κ1) is 30.3. The molecule has 10 nitrogen and oxygen atoms in total. The van der Waals surface area contributed by atoms with Crippen LogP contribution in [0, 0.1) is 0 Å². The quantitative estimate of drug-likeness (QED) is 0.304. The van der Waals surface area contributed by atoms with E-state index in [1.54, 1.807) is 29.0 Å². The topological polar surface area (TPSA) is 99.0 Å². The Morgan fingerprint density at radius 2 is 1.71 bits per heavy atom. The van der Waals surface area contributed by atoms with E-state index in [-0.39, 0.29) is 12.5 Å². The first-order valence-electron chi connectivity index (χ1n) is 14.9. The summed E-state index contributed by atoms with van der Waals surface area (Å²) < 4.78 is 39.2. The van der Waals surface area contributed by atoms with Gasteiger partial charge >= 0.3 is 6.18 Å². The number of hydrogen-bond acceptors (Lipinski definition) is 7. The third-order valence-corrected chi connectivity index (χ3v) is 8.05. The Labute approximate surface area is 258 Å². The van der Waals surface area contributed by atoms with Crippen molar-refractivity contribution in [2.75, 3.05) is 44.6 Å². The van der Waals surface area contributed by atoms with Crippen LogP contribution in [0.25, 0.3) is 11.2 Å². The lowest BCUT2D eigenvalue weighted by atomic mass is 10.00. The Bertz CT molecular complexity index is 1680. The van der Waals surface area contributed by atoms with Crippen LogP contribution in [0.3, 0.4) is 0 Å². The first-order valence-corrected chi connectivity index (χ1v) is 14.9. The molecule has 1 saturated heterocycles. The molecule has 0 unspecified atom stereocenters. The lowest BCUT2D eigenvalue weighted by Gasteiger charge is -2.34. The number of anilines is 2. The lowest BCUT2D eigenvalue weighted by Crippen LogP contribution is -2.48. The Hall–Kier alpha value is -4.78. The van der Waals surface area contributed by atoms with Gasteiger partial charge in [-0.15, -0.1) is 5.10 Å². The number of rotatable bonds is 8. The summed E-state index contributed by atoms with van der Waals surface area (Å²) >= 11 is 0. The number of aromatic nitrogens is 4. The minimum Gasteiger partial charge on any atom is -0.339 e. The summed E-state index contributed by atoms with van der Waals surface area (Å²) in [5.74, 6) is -0.122. The van der Waals surface area contributed by atoms with Crippen molar-refractivity contribution in [1.29, 1.82) is 0 Å². The molecule has 1 N–H and O–H groups in total. The molecule has 3 aromatic heterocycles. The van der Waals surface area contributed by atoms with Gasteiger partial charge in [0, 0.05) is 81.4 Å². The van der Waals surface area contributed by atoms with E-state index in [1.807, 2.05) is 53.4 Å². The van der Waals surface area contributed by atoms with Crippen LogP contribution in [0.4, 0.5) is 24.8 Å². The van der Waals surface area contributed by atoms with Gasteiger partial charge in [-0.1, -0.05) is 12.1 Å². The second kappa shape index (κ2) is 13.1. The number of carbonyl (C=O) groups excluding carboxylic acids is 2. The summed E-state index contributed by atoms with van der Waals surface area (Å²) in [5, 5.41) is 7.74. The Kier molecular flexibility index (Phi) is 8.78. The van der Waals surface area contributed by atoms with Gasteiger partial charge in [0.2, 0.25) is 11.9 Å². The minimum atomic E-state index is -4.35. The van der Waals surface area contributed by atoms with E-state index in [0.29, 0.717) is 43.2 Å². The van der Waals surface area contributed by atoms with Crippen LogP contribution in [0.2, 0.25) is 0 Å². The van der Waals surface area contributed by atoms with Gasteiger partial charge in [-0.05, 0) is 60.5 Å². The Balaban J connectivity index is 1.05. The van der Waals surface area contributed by atoms with Gasteiger partial charge < -0.3 is 15.1 Å². The zero-order chi connectivity index (χ0) is 31.4. The van der Waals surface area contributed by atoms with E-state index < -0.39 is 24.9 Å². The van der Waals surface area contributed by atoms with Gasteiger partial charge in [0.15, 0.2) is 5.65 Å². The van der Waals surface area contributed by atoms with Gasteiger partial charge in [-0.25, -0.2) is 4.52 Å². The van der Waals surface area contributed by atoms with Crippen molar-refractivity contribution >= 4 is 34.7 Å². The number of pyridine rings is 2. The normalized spacial score (nSPS) is 16.1. The van der Waals surface area contributed by atoms with Crippen LogP contribution in [0.1, 0.15) is 40.9 Å². The molecule has 234 valence electrons. The highest BCUT2D eigenvalue weighted by Gasteiger charge is 2.30. The van der Waals surface area contributed by atoms with Crippen LogP contribution < -0.4 is 5.32 Å². The average molecular weight is 619 g/mol. The van der Waals surface area contributed by atoms with Gasteiger partial charge in [-0.2, -0.15) is 18.2 Å². The van der Waals surface area contributed by atoms with Crippen molar-refractivity contribution in [2.45, 2.75) is 32.0 Å². The molecule has 1 aromatic carbocycles. The van der Waals surface area contributed by atoms with E-state index in [2.05, 4.69) is 25.3 Å². The molecule has 13 heteroatoms. The monoisotopic (exact) mass is 618 g/mol. The van der Waals surface area contributed by atoms with E-state index in [0.717, 1.165) is 42.2 Å². The van der Waals surface area contributed by atoms with Crippen LogP contribution >= 0.6 is 0 Å². The molecule has 0 spiro atoms. The molecule has 1 fully saturated rings. The number of alkyl halides is 3. The van der Waals surface area contributed by atoms with Crippen molar-refractivity contribution in [2.24, 2.45) is 0 Å². The zero-order valence-electron chi connectivity index (χ0n) is 24.6. The summed E-state index contributed by atoms with van der Waals surface area (Å²) in [6.07, 6.45) is -0.0609. The van der Waals surface area contributed by atoms with E-state index in [1.165, 1.54) is 4.90 Å². The van der Waals surface area contributed by atoms with Crippen LogP contribution in [0.5, 0.6) is 0 Å². The summed E-state index contributed by atoms with van der Waals surface area (Å²) in [5.41, 5.74) is 4.79. The number of halogens is 3. The van der Waals surface area contributed by atoms with Crippen molar-refractivity contribution in [3.63, 3.8) is 0 Å². The smallest absolute Gasteiger partial charge is 0.339 e. The third-order valence-electron chi connectivity index (χ3n) is 8.05. The summed E-state index contributed by atoms with van der Waals surface area (Å²) in [7, 11) is 0. The molecule has 0 aliphatic carbocycles. The zero-order valence-corrected chi connectivity index (χ0v) is 24.6. The SMILES string of the molecule is O=C(CCC(F)(F)F)N1CC=C(c2cccn3nc(Nc4ccc(C(=O)N5CCN(Cc6ccccn6)CC5)cc4)nc23)CC1.